The fourth-order valence-electron chi connectivity index (χ4n) is 3.38. The molecule has 0 bridgehead atoms. The van der Waals surface area contributed by atoms with Crippen LogP contribution in [0.3, 0.4) is 0 Å². The molecule has 2 heterocycles. The summed E-state index contributed by atoms with van der Waals surface area (Å²) in [7, 11) is 0. The molecule has 1 aliphatic carbocycles. The Kier molecular flexibility index (Phi) is 5.23. The lowest BCUT2D eigenvalue weighted by Crippen LogP contribution is -2.60. The Bertz CT molecular complexity index is 505. The normalized spacial score (nSPS) is 47.9. The van der Waals surface area contributed by atoms with Crippen molar-refractivity contribution < 1.29 is 44.8 Å². The maximum atomic E-state index is 10.0. The molecule has 1 saturated heterocycles. The molecule has 0 radical (unpaired) electrons. The Labute approximate surface area is 138 Å². The fraction of sp³-hybridized carbons (Fsp3) is 0.733. The molecular formula is C15H22O9. The van der Waals surface area contributed by atoms with Crippen molar-refractivity contribution in [3.05, 3.63) is 24.0 Å². The van der Waals surface area contributed by atoms with E-state index in [1.807, 2.05) is 0 Å². The molecule has 24 heavy (non-hydrogen) atoms. The van der Waals surface area contributed by atoms with Crippen molar-refractivity contribution in [1.29, 1.82) is 0 Å². The molecule has 136 valence electrons. The van der Waals surface area contributed by atoms with Gasteiger partial charge in [-0.15, -0.1) is 0 Å². The first-order valence-corrected chi connectivity index (χ1v) is 7.75. The average Bonchev–Trinajstić information content (AvgIpc) is 2.92. The smallest absolute Gasteiger partial charge is 0.209 e. The van der Waals surface area contributed by atoms with Gasteiger partial charge in [-0.2, -0.15) is 0 Å². The lowest BCUT2D eigenvalue weighted by molar-refractivity contribution is -0.339. The van der Waals surface area contributed by atoms with Crippen LogP contribution in [0, 0.1) is 11.8 Å². The molecule has 9 heteroatoms. The summed E-state index contributed by atoms with van der Waals surface area (Å²) in [5.41, 5.74) is 0.534. The summed E-state index contributed by atoms with van der Waals surface area (Å²) < 4.78 is 16.3. The van der Waals surface area contributed by atoms with Crippen LogP contribution in [0.15, 0.2) is 24.0 Å². The van der Waals surface area contributed by atoms with Gasteiger partial charge >= 0.3 is 0 Å². The Hall–Kier alpha value is -1.04. The fourth-order valence-corrected chi connectivity index (χ4v) is 3.38. The van der Waals surface area contributed by atoms with Gasteiger partial charge in [0, 0.05) is 5.92 Å². The van der Waals surface area contributed by atoms with Gasteiger partial charge in [-0.05, 0) is 11.6 Å². The molecule has 0 saturated carbocycles. The van der Waals surface area contributed by atoms with E-state index in [1.54, 1.807) is 6.08 Å². The zero-order chi connectivity index (χ0) is 17.4. The second-order valence-corrected chi connectivity index (χ2v) is 6.16. The van der Waals surface area contributed by atoms with E-state index in [0.29, 0.717) is 5.57 Å². The number of aliphatic hydroxyl groups is 6. The van der Waals surface area contributed by atoms with Crippen molar-refractivity contribution in [1.82, 2.24) is 0 Å². The second kappa shape index (κ2) is 7.06. The van der Waals surface area contributed by atoms with E-state index in [4.69, 9.17) is 14.2 Å². The van der Waals surface area contributed by atoms with Gasteiger partial charge in [-0.1, -0.05) is 6.08 Å². The lowest BCUT2D eigenvalue weighted by atomic mass is 9.88. The molecule has 6 N–H and O–H groups in total. The van der Waals surface area contributed by atoms with E-state index in [2.05, 4.69) is 0 Å². The summed E-state index contributed by atoms with van der Waals surface area (Å²) in [5, 5.41) is 58.3. The molecule has 3 aliphatic rings. The van der Waals surface area contributed by atoms with Gasteiger partial charge in [0.05, 0.1) is 31.5 Å². The maximum Gasteiger partial charge on any atom is 0.209 e. The van der Waals surface area contributed by atoms with Crippen LogP contribution in [0.2, 0.25) is 0 Å². The summed E-state index contributed by atoms with van der Waals surface area (Å²) >= 11 is 0. The Morgan fingerprint density at radius 3 is 2.42 bits per heavy atom. The standard InChI is InChI=1S/C15H22O9/c16-4-6-3-8(18)7-1-2-22-14(10(6)7)24-15-13(21)12(20)11(19)9(5-17)23-15/h1-3,7-21H,4-5H2/t7-,8-,9+,10+,11+,12-,13+,14-,15-/m0/s1. The maximum absolute atomic E-state index is 10.0. The third-order valence-electron chi connectivity index (χ3n) is 4.73. The lowest BCUT2D eigenvalue weighted by Gasteiger charge is -2.42. The first-order chi connectivity index (χ1) is 11.5. The summed E-state index contributed by atoms with van der Waals surface area (Å²) in [6, 6.07) is 0. The van der Waals surface area contributed by atoms with E-state index >= 15 is 0 Å². The van der Waals surface area contributed by atoms with Crippen LogP contribution in [-0.4, -0.2) is 87.0 Å². The minimum Gasteiger partial charge on any atom is -0.472 e. The third-order valence-corrected chi connectivity index (χ3v) is 4.73. The predicted molar refractivity (Wildman–Crippen MR) is 77.0 cm³/mol. The van der Waals surface area contributed by atoms with E-state index < -0.39 is 55.6 Å². The van der Waals surface area contributed by atoms with E-state index in [9.17, 15) is 30.6 Å². The predicted octanol–water partition coefficient (Wildman–Crippen LogP) is -2.80. The molecule has 0 amide bonds. The van der Waals surface area contributed by atoms with Crippen molar-refractivity contribution in [2.75, 3.05) is 13.2 Å². The van der Waals surface area contributed by atoms with Crippen LogP contribution in [0.1, 0.15) is 0 Å². The molecule has 1 fully saturated rings. The van der Waals surface area contributed by atoms with Crippen LogP contribution in [0.4, 0.5) is 0 Å². The minimum absolute atomic E-state index is 0.288. The highest BCUT2D eigenvalue weighted by molar-refractivity contribution is 5.25. The largest absolute Gasteiger partial charge is 0.472 e. The van der Waals surface area contributed by atoms with Gasteiger partial charge in [0.25, 0.3) is 0 Å². The molecule has 9 atom stereocenters. The van der Waals surface area contributed by atoms with Crippen molar-refractivity contribution in [3.8, 4) is 0 Å². The number of aliphatic hydroxyl groups excluding tert-OH is 6. The number of fused-ring (bicyclic) bond motifs is 1. The van der Waals surface area contributed by atoms with E-state index in [-0.39, 0.29) is 12.5 Å². The Balaban J connectivity index is 1.75. The van der Waals surface area contributed by atoms with Crippen LogP contribution < -0.4 is 0 Å². The van der Waals surface area contributed by atoms with Crippen LogP contribution in [0.25, 0.3) is 0 Å². The number of hydrogen-bond acceptors (Lipinski definition) is 9. The highest BCUT2D eigenvalue weighted by Gasteiger charge is 2.49. The highest BCUT2D eigenvalue weighted by Crippen LogP contribution is 2.40. The molecule has 9 nitrogen and oxygen atoms in total. The molecular weight excluding hydrogens is 324 g/mol. The van der Waals surface area contributed by atoms with Gasteiger partial charge in [-0.3, -0.25) is 0 Å². The van der Waals surface area contributed by atoms with Crippen molar-refractivity contribution >= 4 is 0 Å². The third kappa shape index (κ3) is 2.98. The second-order valence-electron chi connectivity index (χ2n) is 6.16. The first-order valence-electron chi connectivity index (χ1n) is 7.75. The van der Waals surface area contributed by atoms with E-state index in [0.717, 1.165) is 0 Å². The minimum atomic E-state index is -1.56. The van der Waals surface area contributed by atoms with Crippen LogP contribution in [0.5, 0.6) is 0 Å². The molecule has 3 rings (SSSR count). The van der Waals surface area contributed by atoms with Crippen LogP contribution >= 0.6 is 0 Å². The first kappa shape index (κ1) is 17.8. The molecule has 0 spiro atoms. The number of hydrogen-bond donors (Lipinski definition) is 6. The quantitative estimate of drug-likeness (QED) is 0.297. The van der Waals surface area contributed by atoms with Crippen molar-refractivity contribution in [2.45, 2.75) is 43.1 Å². The van der Waals surface area contributed by atoms with Gasteiger partial charge < -0.3 is 44.8 Å². The zero-order valence-corrected chi connectivity index (χ0v) is 12.8. The topological polar surface area (TPSA) is 149 Å². The summed E-state index contributed by atoms with van der Waals surface area (Å²) in [6.07, 6.45) is -4.27. The number of ether oxygens (including phenoxy) is 3. The van der Waals surface area contributed by atoms with Gasteiger partial charge in [0.1, 0.15) is 24.4 Å². The van der Waals surface area contributed by atoms with Crippen molar-refractivity contribution in [2.24, 2.45) is 11.8 Å². The molecule has 0 aromatic carbocycles. The highest BCUT2D eigenvalue weighted by atomic mass is 16.8. The average molecular weight is 346 g/mol. The zero-order valence-electron chi connectivity index (χ0n) is 12.8. The number of rotatable bonds is 4. The van der Waals surface area contributed by atoms with E-state index in [1.165, 1.54) is 12.3 Å². The SMILES string of the molecule is OCC1=C[C@H](O)[C@@H]2C=CO[C@@H](O[C@@H]3O[C@H](CO)[C@@H](O)[C@H](O)[C@H]3O)[C@H]12. The molecule has 0 aromatic heterocycles. The van der Waals surface area contributed by atoms with Crippen LogP contribution in [-0.2, 0) is 14.2 Å². The molecule has 2 aliphatic heterocycles. The molecule has 0 unspecified atom stereocenters. The monoisotopic (exact) mass is 346 g/mol. The Morgan fingerprint density at radius 1 is 1.00 bits per heavy atom. The van der Waals surface area contributed by atoms with Crippen molar-refractivity contribution in [3.63, 3.8) is 0 Å². The van der Waals surface area contributed by atoms with Gasteiger partial charge in [0.15, 0.2) is 6.29 Å². The molecule has 0 aromatic rings. The summed E-state index contributed by atoms with van der Waals surface area (Å²) in [6.45, 7) is -0.854. The van der Waals surface area contributed by atoms with Gasteiger partial charge in [-0.25, -0.2) is 0 Å². The summed E-state index contributed by atoms with van der Waals surface area (Å²) in [4.78, 5) is 0. The van der Waals surface area contributed by atoms with Gasteiger partial charge in [0.2, 0.25) is 6.29 Å². The summed E-state index contributed by atoms with van der Waals surface area (Å²) in [5.74, 6) is -0.835. The Morgan fingerprint density at radius 2 is 1.75 bits per heavy atom.